The van der Waals surface area contributed by atoms with Gasteiger partial charge in [0.15, 0.2) is 0 Å². The molecule has 2 aromatic carbocycles. The highest BCUT2D eigenvalue weighted by Gasteiger charge is 2.18. The molecule has 0 saturated carbocycles. The van der Waals surface area contributed by atoms with Crippen molar-refractivity contribution in [2.24, 2.45) is 0 Å². The molecule has 0 bridgehead atoms. The molecule has 1 amide bonds. The first-order valence-electron chi connectivity index (χ1n) is 12.7. The van der Waals surface area contributed by atoms with Gasteiger partial charge in [0.2, 0.25) is 11.5 Å². The standard InChI is InChI=1S/C29H38N2O4.ClH/c1-3-22(2)31(28(34)18-21-35-20-17-23-10-6-4-7-11-23)19-9-5-8-12-24-13-15-26(32)29-25(24)14-16-27(33)30-29;/h4,6-7,10-11,13-16,22,32H,3,5,8-9,12,17-21H2,1-2H3,(H,30,33);1H/t22-;/m1./s1. The van der Waals surface area contributed by atoms with E-state index in [1.807, 2.05) is 29.2 Å². The minimum Gasteiger partial charge on any atom is -0.506 e. The molecule has 1 aromatic heterocycles. The highest BCUT2D eigenvalue weighted by molar-refractivity contribution is 5.87. The number of benzene rings is 2. The lowest BCUT2D eigenvalue weighted by Crippen LogP contribution is -2.39. The van der Waals surface area contributed by atoms with Crippen LogP contribution in [0.1, 0.15) is 57.1 Å². The fourth-order valence-electron chi connectivity index (χ4n) is 4.34. The summed E-state index contributed by atoms with van der Waals surface area (Å²) < 4.78 is 5.73. The number of nitrogens with zero attached hydrogens (tertiary/aromatic N) is 1. The number of ether oxygens (including phenoxy) is 1. The Morgan fingerprint density at radius 3 is 2.53 bits per heavy atom. The maximum atomic E-state index is 12.9. The minimum absolute atomic E-state index is 0. The molecule has 1 heterocycles. The predicted molar refractivity (Wildman–Crippen MR) is 148 cm³/mol. The molecule has 0 spiro atoms. The molecule has 7 heteroatoms. The maximum absolute atomic E-state index is 12.9. The molecule has 0 saturated heterocycles. The smallest absolute Gasteiger partial charge is 0.248 e. The number of aromatic hydroxyl groups is 1. The Hall–Kier alpha value is -2.83. The average molecular weight is 515 g/mol. The molecule has 1 atom stereocenters. The van der Waals surface area contributed by atoms with Crippen LogP contribution in [-0.4, -0.2) is 46.7 Å². The molecule has 0 fully saturated rings. The van der Waals surface area contributed by atoms with E-state index in [1.54, 1.807) is 12.1 Å². The van der Waals surface area contributed by atoms with E-state index in [1.165, 1.54) is 11.6 Å². The van der Waals surface area contributed by atoms with E-state index in [0.29, 0.717) is 25.2 Å². The summed E-state index contributed by atoms with van der Waals surface area (Å²) in [6.07, 6.45) is 5.97. The van der Waals surface area contributed by atoms with Gasteiger partial charge in [0.25, 0.3) is 0 Å². The van der Waals surface area contributed by atoms with Gasteiger partial charge < -0.3 is 19.7 Å². The number of carbonyl (C=O) groups excluding carboxylic acids is 1. The fourth-order valence-corrected chi connectivity index (χ4v) is 4.34. The van der Waals surface area contributed by atoms with Crippen LogP contribution >= 0.6 is 12.4 Å². The van der Waals surface area contributed by atoms with Crippen LogP contribution in [0.25, 0.3) is 10.9 Å². The Labute approximate surface area is 220 Å². The third kappa shape index (κ3) is 8.68. The van der Waals surface area contributed by atoms with Gasteiger partial charge in [0, 0.05) is 24.0 Å². The summed E-state index contributed by atoms with van der Waals surface area (Å²) in [5.41, 5.74) is 2.63. The quantitative estimate of drug-likeness (QED) is 0.272. The van der Waals surface area contributed by atoms with Gasteiger partial charge >= 0.3 is 0 Å². The van der Waals surface area contributed by atoms with Gasteiger partial charge in [-0.05, 0) is 62.3 Å². The molecule has 6 nitrogen and oxygen atoms in total. The highest BCUT2D eigenvalue weighted by atomic mass is 35.5. The number of aromatic nitrogens is 1. The minimum atomic E-state index is -0.221. The summed E-state index contributed by atoms with van der Waals surface area (Å²) in [5.74, 6) is 0.251. The Balaban J connectivity index is 0.00000456. The van der Waals surface area contributed by atoms with Gasteiger partial charge in [0.1, 0.15) is 5.75 Å². The van der Waals surface area contributed by atoms with Crippen LogP contribution in [0.2, 0.25) is 0 Å². The van der Waals surface area contributed by atoms with E-state index < -0.39 is 0 Å². The number of H-pyrrole nitrogens is 1. The fraction of sp³-hybridized carbons (Fsp3) is 0.448. The number of hydrogen-bond donors (Lipinski definition) is 2. The first kappa shape index (κ1) is 29.4. The normalized spacial score (nSPS) is 11.7. The largest absolute Gasteiger partial charge is 0.506 e. The average Bonchev–Trinajstić information content (AvgIpc) is 2.87. The number of rotatable bonds is 14. The van der Waals surface area contributed by atoms with Gasteiger partial charge in [0.05, 0.1) is 25.2 Å². The monoisotopic (exact) mass is 514 g/mol. The van der Waals surface area contributed by atoms with Gasteiger partial charge in [-0.25, -0.2) is 0 Å². The number of pyridine rings is 1. The van der Waals surface area contributed by atoms with Crippen LogP contribution in [0.5, 0.6) is 5.75 Å². The van der Waals surface area contributed by atoms with Crippen molar-refractivity contribution in [1.29, 1.82) is 0 Å². The number of fused-ring (bicyclic) bond motifs is 1. The van der Waals surface area contributed by atoms with Crippen LogP contribution in [0.3, 0.4) is 0 Å². The van der Waals surface area contributed by atoms with Crippen LogP contribution in [0.4, 0.5) is 0 Å². The van der Waals surface area contributed by atoms with Crippen molar-refractivity contribution in [3.8, 4) is 5.75 Å². The molecule has 0 aliphatic carbocycles. The van der Waals surface area contributed by atoms with E-state index in [9.17, 15) is 14.7 Å². The van der Waals surface area contributed by atoms with E-state index in [-0.39, 0.29) is 35.7 Å². The zero-order valence-electron chi connectivity index (χ0n) is 21.4. The number of carbonyl (C=O) groups is 1. The number of amides is 1. The zero-order valence-corrected chi connectivity index (χ0v) is 22.2. The summed E-state index contributed by atoms with van der Waals surface area (Å²) in [6, 6.07) is 17.3. The van der Waals surface area contributed by atoms with E-state index in [2.05, 4.69) is 31.0 Å². The predicted octanol–water partition coefficient (Wildman–Crippen LogP) is 5.64. The summed E-state index contributed by atoms with van der Waals surface area (Å²) >= 11 is 0. The molecule has 3 rings (SSSR count). The number of unbranched alkanes of at least 4 members (excludes halogenated alkanes) is 2. The number of nitrogens with one attached hydrogen (secondary N) is 1. The molecule has 36 heavy (non-hydrogen) atoms. The Bertz CT molecular complexity index is 1130. The Morgan fingerprint density at radius 2 is 1.78 bits per heavy atom. The third-order valence-corrected chi connectivity index (χ3v) is 6.59. The van der Waals surface area contributed by atoms with Gasteiger partial charge in [-0.1, -0.05) is 49.7 Å². The third-order valence-electron chi connectivity index (χ3n) is 6.59. The van der Waals surface area contributed by atoms with E-state index in [4.69, 9.17) is 4.74 Å². The van der Waals surface area contributed by atoms with Crippen molar-refractivity contribution in [2.45, 2.75) is 64.8 Å². The summed E-state index contributed by atoms with van der Waals surface area (Å²) in [7, 11) is 0. The number of halogens is 1. The number of phenolic OH excluding ortho intramolecular Hbond substituents is 1. The van der Waals surface area contributed by atoms with Gasteiger partial charge in [-0.2, -0.15) is 0 Å². The number of hydrogen-bond acceptors (Lipinski definition) is 4. The zero-order chi connectivity index (χ0) is 25.0. The van der Waals surface area contributed by atoms with Crippen molar-refractivity contribution < 1.29 is 14.6 Å². The molecular weight excluding hydrogens is 476 g/mol. The second-order valence-electron chi connectivity index (χ2n) is 9.11. The second kappa shape index (κ2) is 15.3. The van der Waals surface area contributed by atoms with Crippen molar-refractivity contribution in [3.05, 3.63) is 76.1 Å². The maximum Gasteiger partial charge on any atom is 0.248 e. The number of phenols is 1. The molecule has 0 unspecified atom stereocenters. The molecule has 0 radical (unpaired) electrons. The van der Waals surface area contributed by atoms with E-state index in [0.717, 1.165) is 56.0 Å². The lowest BCUT2D eigenvalue weighted by atomic mass is 10.0. The molecular formula is C29H39ClN2O4. The SMILES string of the molecule is CC[C@@H](C)N(CCCCCc1ccc(O)c2[nH]c(=O)ccc12)C(=O)CCOCCc1ccccc1.Cl. The molecule has 3 aromatic rings. The van der Waals surface area contributed by atoms with E-state index >= 15 is 0 Å². The topological polar surface area (TPSA) is 82.6 Å². The van der Waals surface area contributed by atoms with Crippen molar-refractivity contribution in [1.82, 2.24) is 9.88 Å². The first-order valence-corrected chi connectivity index (χ1v) is 12.7. The van der Waals surface area contributed by atoms with Crippen LogP contribution in [0, 0.1) is 0 Å². The summed E-state index contributed by atoms with van der Waals surface area (Å²) in [5, 5.41) is 10.9. The highest BCUT2D eigenvalue weighted by Crippen LogP contribution is 2.26. The van der Waals surface area contributed by atoms with Crippen LogP contribution in [-0.2, 0) is 22.4 Å². The van der Waals surface area contributed by atoms with Crippen LogP contribution < -0.4 is 5.56 Å². The van der Waals surface area contributed by atoms with Crippen LogP contribution in [0.15, 0.2) is 59.4 Å². The molecule has 196 valence electrons. The van der Waals surface area contributed by atoms with Crippen molar-refractivity contribution in [3.63, 3.8) is 0 Å². The van der Waals surface area contributed by atoms with Crippen molar-refractivity contribution in [2.75, 3.05) is 19.8 Å². The summed E-state index contributed by atoms with van der Waals surface area (Å²) in [4.78, 5) is 29.2. The second-order valence-corrected chi connectivity index (χ2v) is 9.11. The van der Waals surface area contributed by atoms with Gasteiger partial charge in [-0.3, -0.25) is 9.59 Å². The Kier molecular flexibility index (Phi) is 12.5. The number of aryl methyl sites for hydroxylation is 1. The molecule has 0 aliphatic heterocycles. The lowest BCUT2D eigenvalue weighted by molar-refractivity contribution is -0.134. The first-order chi connectivity index (χ1) is 17.0. The number of aromatic amines is 1. The molecule has 0 aliphatic rings. The van der Waals surface area contributed by atoms with Gasteiger partial charge in [-0.15, -0.1) is 12.4 Å². The Morgan fingerprint density at radius 1 is 1.00 bits per heavy atom. The summed E-state index contributed by atoms with van der Waals surface area (Å²) in [6.45, 7) is 6.05. The molecule has 2 N–H and O–H groups in total. The lowest BCUT2D eigenvalue weighted by Gasteiger charge is -2.29. The van der Waals surface area contributed by atoms with Crippen molar-refractivity contribution >= 4 is 29.2 Å².